The zero-order chi connectivity index (χ0) is 17.3. The number of rotatable bonds is 3. The van der Waals surface area contributed by atoms with E-state index in [9.17, 15) is 18.4 Å². The molecule has 130 valence electrons. The fourth-order valence-corrected chi connectivity index (χ4v) is 3.49. The van der Waals surface area contributed by atoms with Gasteiger partial charge in [0.15, 0.2) is 0 Å². The van der Waals surface area contributed by atoms with Crippen LogP contribution in [0.25, 0.3) is 0 Å². The fraction of sp³-hybridized carbons (Fsp3) is 0.529. The first-order valence-electron chi connectivity index (χ1n) is 8.28. The van der Waals surface area contributed by atoms with Crippen LogP contribution >= 0.6 is 0 Å². The highest BCUT2D eigenvalue weighted by molar-refractivity contribution is 6.02. The maximum Gasteiger partial charge on any atom is 0.249 e. The van der Waals surface area contributed by atoms with Crippen LogP contribution in [0.1, 0.15) is 38.5 Å². The van der Waals surface area contributed by atoms with Gasteiger partial charge in [-0.05, 0) is 31.4 Å². The Hall–Kier alpha value is -2.02. The summed E-state index contributed by atoms with van der Waals surface area (Å²) in [5.41, 5.74) is 4.85. The van der Waals surface area contributed by atoms with Crippen molar-refractivity contribution in [1.29, 1.82) is 0 Å². The normalized spacial score (nSPS) is 23.4. The maximum absolute atomic E-state index is 13.9. The van der Waals surface area contributed by atoms with Crippen molar-refractivity contribution in [3.8, 4) is 0 Å². The zero-order valence-electron chi connectivity index (χ0n) is 13.4. The number of anilines is 1. The van der Waals surface area contributed by atoms with Crippen LogP contribution in [0.2, 0.25) is 0 Å². The molecule has 1 unspecified atom stereocenters. The molecule has 1 saturated carbocycles. The average Bonchev–Trinajstić information content (AvgIpc) is 2.89. The van der Waals surface area contributed by atoms with Crippen LogP contribution in [0.4, 0.5) is 14.5 Å². The summed E-state index contributed by atoms with van der Waals surface area (Å²) in [5, 5.41) is 2.68. The van der Waals surface area contributed by atoms with Gasteiger partial charge in [-0.2, -0.15) is 0 Å². The van der Waals surface area contributed by atoms with Crippen molar-refractivity contribution in [2.45, 2.75) is 50.1 Å². The standard InChI is InChI=1S/C17H21F2N3O2/c18-11-5-4-6-12(19)14(11)22-10-7-13(15(22)23)21-16(24)17(20)8-2-1-3-9-17/h4-6,13H,1-3,7-10,20H2,(H,21,24). The molecule has 7 heteroatoms. The van der Waals surface area contributed by atoms with Gasteiger partial charge in [-0.3, -0.25) is 9.59 Å². The van der Waals surface area contributed by atoms with Gasteiger partial charge in [-0.1, -0.05) is 25.3 Å². The van der Waals surface area contributed by atoms with Crippen LogP contribution in [0.15, 0.2) is 18.2 Å². The highest BCUT2D eigenvalue weighted by atomic mass is 19.1. The second kappa shape index (κ2) is 6.47. The number of hydrogen-bond donors (Lipinski definition) is 2. The summed E-state index contributed by atoms with van der Waals surface area (Å²) < 4.78 is 27.8. The van der Waals surface area contributed by atoms with Crippen molar-refractivity contribution < 1.29 is 18.4 Å². The van der Waals surface area contributed by atoms with Crippen molar-refractivity contribution in [3.05, 3.63) is 29.8 Å². The number of benzene rings is 1. The molecule has 1 atom stereocenters. The van der Waals surface area contributed by atoms with Crippen LogP contribution < -0.4 is 16.0 Å². The summed E-state index contributed by atoms with van der Waals surface area (Å²) >= 11 is 0. The van der Waals surface area contributed by atoms with Gasteiger partial charge in [-0.15, -0.1) is 0 Å². The molecule has 24 heavy (non-hydrogen) atoms. The molecule has 1 aliphatic heterocycles. The molecule has 2 aliphatic rings. The summed E-state index contributed by atoms with van der Waals surface area (Å²) in [6, 6.07) is 2.66. The Balaban J connectivity index is 1.71. The molecule has 1 saturated heterocycles. The number of hydrogen-bond acceptors (Lipinski definition) is 3. The Kier molecular flexibility index (Phi) is 4.54. The van der Waals surface area contributed by atoms with Gasteiger partial charge in [-0.25, -0.2) is 8.78 Å². The minimum absolute atomic E-state index is 0.152. The number of carbonyl (C=O) groups is 2. The average molecular weight is 337 g/mol. The van der Waals surface area contributed by atoms with Crippen molar-refractivity contribution in [2.75, 3.05) is 11.4 Å². The summed E-state index contributed by atoms with van der Waals surface area (Å²) in [4.78, 5) is 26.0. The maximum atomic E-state index is 13.9. The largest absolute Gasteiger partial charge is 0.343 e. The van der Waals surface area contributed by atoms with Crippen molar-refractivity contribution in [3.63, 3.8) is 0 Å². The molecule has 0 bridgehead atoms. The molecule has 1 aliphatic carbocycles. The second-order valence-electron chi connectivity index (χ2n) is 6.59. The predicted octanol–water partition coefficient (Wildman–Crippen LogP) is 1.85. The molecule has 0 radical (unpaired) electrons. The van der Waals surface area contributed by atoms with Gasteiger partial charge in [0.05, 0.1) is 5.54 Å². The number of amides is 2. The summed E-state index contributed by atoms with van der Waals surface area (Å²) in [7, 11) is 0. The third kappa shape index (κ3) is 3.00. The quantitative estimate of drug-likeness (QED) is 0.884. The third-order valence-corrected chi connectivity index (χ3v) is 4.92. The zero-order valence-corrected chi connectivity index (χ0v) is 13.4. The molecule has 1 aromatic rings. The van der Waals surface area contributed by atoms with Gasteiger partial charge >= 0.3 is 0 Å². The van der Waals surface area contributed by atoms with E-state index in [1.54, 1.807) is 0 Å². The molecule has 1 heterocycles. The Morgan fingerprint density at radius 3 is 2.46 bits per heavy atom. The van der Waals surface area contributed by atoms with Crippen molar-refractivity contribution >= 4 is 17.5 Å². The number of nitrogens with two attached hydrogens (primary N) is 1. The molecule has 5 nitrogen and oxygen atoms in total. The first kappa shape index (κ1) is 16.8. The Morgan fingerprint density at radius 1 is 1.21 bits per heavy atom. The van der Waals surface area contributed by atoms with E-state index in [0.717, 1.165) is 36.3 Å². The van der Waals surface area contributed by atoms with Crippen LogP contribution in [-0.2, 0) is 9.59 Å². The van der Waals surface area contributed by atoms with Crippen LogP contribution in [0.3, 0.4) is 0 Å². The third-order valence-electron chi connectivity index (χ3n) is 4.92. The number of para-hydroxylation sites is 1. The topological polar surface area (TPSA) is 75.4 Å². The first-order valence-corrected chi connectivity index (χ1v) is 8.28. The molecule has 1 aromatic carbocycles. The van der Waals surface area contributed by atoms with E-state index in [1.807, 2.05) is 0 Å². The van der Waals surface area contributed by atoms with Gasteiger partial charge in [0.2, 0.25) is 11.8 Å². The van der Waals surface area contributed by atoms with Crippen LogP contribution in [0, 0.1) is 11.6 Å². The fourth-order valence-electron chi connectivity index (χ4n) is 3.49. The SMILES string of the molecule is NC1(C(=O)NC2CCN(c3c(F)cccc3F)C2=O)CCCCC1. The molecule has 2 amide bonds. The Labute approximate surface area is 139 Å². The first-order chi connectivity index (χ1) is 11.4. The van der Waals surface area contributed by atoms with Gasteiger partial charge < -0.3 is 16.0 Å². The lowest BCUT2D eigenvalue weighted by atomic mass is 9.81. The summed E-state index contributed by atoms with van der Waals surface area (Å²) in [6.07, 6.45) is 4.30. The smallest absolute Gasteiger partial charge is 0.249 e. The number of nitrogens with one attached hydrogen (secondary N) is 1. The second-order valence-corrected chi connectivity index (χ2v) is 6.59. The van der Waals surface area contributed by atoms with E-state index in [2.05, 4.69) is 5.32 Å². The predicted molar refractivity (Wildman–Crippen MR) is 85.3 cm³/mol. The van der Waals surface area contributed by atoms with E-state index >= 15 is 0 Å². The monoisotopic (exact) mass is 337 g/mol. The molecule has 3 N–H and O–H groups in total. The number of halogens is 2. The molecule has 0 spiro atoms. The molecule has 0 aromatic heterocycles. The Bertz CT molecular complexity index is 639. The lowest BCUT2D eigenvalue weighted by molar-refractivity contribution is -0.131. The van der Waals surface area contributed by atoms with E-state index in [4.69, 9.17) is 5.73 Å². The van der Waals surface area contributed by atoms with E-state index in [1.165, 1.54) is 6.07 Å². The Morgan fingerprint density at radius 2 is 1.83 bits per heavy atom. The van der Waals surface area contributed by atoms with Crippen molar-refractivity contribution in [2.24, 2.45) is 5.73 Å². The minimum Gasteiger partial charge on any atom is -0.343 e. The van der Waals surface area contributed by atoms with E-state index in [-0.39, 0.29) is 18.1 Å². The molecule has 2 fully saturated rings. The number of nitrogens with zero attached hydrogens (tertiary/aromatic N) is 1. The van der Waals surface area contributed by atoms with Crippen LogP contribution in [0.5, 0.6) is 0 Å². The van der Waals surface area contributed by atoms with Gasteiger partial charge in [0.1, 0.15) is 23.4 Å². The lowest BCUT2D eigenvalue weighted by Gasteiger charge is -2.32. The highest BCUT2D eigenvalue weighted by Crippen LogP contribution is 2.29. The van der Waals surface area contributed by atoms with Crippen molar-refractivity contribution in [1.82, 2.24) is 5.32 Å². The highest BCUT2D eigenvalue weighted by Gasteiger charge is 2.41. The van der Waals surface area contributed by atoms with E-state index < -0.39 is 29.1 Å². The molecular formula is C17H21F2N3O2. The summed E-state index contributed by atoms with van der Waals surface area (Å²) in [5.74, 6) is -2.45. The molecule has 3 rings (SSSR count). The lowest BCUT2D eigenvalue weighted by Crippen LogP contribution is -2.58. The van der Waals surface area contributed by atoms with Gasteiger partial charge in [0.25, 0.3) is 0 Å². The van der Waals surface area contributed by atoms with E-state index in [0.29, 0.717) is 19.3 Å². The van der Waals surface area contributed by atoms with Gasteiger partial charge in [0, 0.05) is 6.54 Å². The minimum atomic E-state index is -0.949. The number of carbonyl (C=O) groups excluding carboxylic acids is 2. The van der Waals surface area contributed by atoms with Crippen LogP contribution in [-0.4, -0.2) is 29.9 Å². The summed E-state index contributed by atoms with van der Waals surface area (Å²) in [6.45, 7) is 0.152. The molecular weight excluding hydrogens is 316 g/mol.